The van der Waals surface area contributed by atoms with Crippen LogP contribution >= 0.6 is 11.8 Å². The highest BCUT2D eigenvalue weighted by molar-refractivity contribution is 7.98. The lowest BCUT2D eigenvalue weighted by molar-refractivity contribution is 0.101. The second-order valence-corrected chi connectivity index (χ2v) is 4.71. The van der Waals surface area contributed by atoms with Gasteiger partial charge in [0.15, 0.2) is 5.56 Å². The number of rotatable bonds is 3. The summed E-state index contributed by atoms with van der Waals surface area (Å²) in [6.45, 7) is 0. The van der Waals surface area contributed by atoms with Crippen LogP contribution < -0.4 is 16.7 Å². The number of nitrogens with zero attached hydrogens (tertiary/aromatic N) is 3. The number of nitrogens with two attached hydrogens (primary N) is 1. The van der Waals surface area contributed by atoms with E-state index in [0.717, 1.165) is 16.4 Å². The lowest BCUT2D eigenvalue weighted by Gasteiger charge is -2.12. The zero-order valence-corrected chi connectivity index (χ0v) is 11.8. The van der Waals surface area contributed by atoms with E-state index in [1.165, 1.54) is 0 Å². The molecule has 2 rings (SSSR count). The summed E-state index contributed by atoms with van der Waals surface area (Å²) >= 11 is 1.13. The molecule has 8 heteroatoms. The van der Waals surface area contributed by atoms with Crippen LogP contribution in [0.1, 0.15) is 15.9 Å². The predicted octanol–water partition coefficient (Wildman–Crippen LogP) is 0.803. The van der Waals surface area contributed by atoms with Crippen LogP contribution in [-0.4, -0.2) is 21.8 Å². The van der Waals surface area contributed by atoms with Gasteiger partial charge in [-0.3, -0.25) is 15.0 Å². The summed E-state index contributed by atoms with van der Waals surface area (Å²) in [5, 5.41) is 9.25. The Labute approximate surface area is 124 Å². The zero-order valence-electron chi connectivity index (χ0n) is 11.0. The first-order chi connectivity index (χ1) is 10.1. The number of hydrogen-bond donors (Lipinski definition) is 2. The summed E-state index contributed by atoms with van der Waals surface area (Å²) in [6, 6.07) is 10.1. The second-order valence-electron chi connectivity index (χ2n) is 3.91. The molecule has 0 saturated carbocycles. The third-order valence-electron chi connectivity index (χ3n) is 2.63. The van der Waals surface area contributed by atoms with Gasteiger partial charge in [-0.15, -0.1) is 11.8 Å². The largest absolute Gasteiger partial charge is 0.368 e. The standard InChI is InChI=1S/C13H11N5O2S/c1-21-11-9(7-14)12(20)18(13(15)16-11)17-10(19)8-5-3-2-4-6-8/h2-6H,1H3,(H2,15,16)(H,17,19). The van der Waals surface area contributed by atoms with Gasteiger partial charge in [-0.2, -0.15) is 9.94 Å². The minimum atomic E-state index is -0.710. The summed E-state index contributed by atoms with van der Waals surface area (Å²) in [7, 11) is 0. The van der Waals surface area contributed by atoms with Gasteiger partial charge in [0.2, 0.25) is 5.95 Å². The monoisotopic (exact) mass is 301 g/mol. The summed E-state index contributed by atoms with van der Waals surface area (Å²) in [6.07, 6.45) is 1.68. The average molecular weight is 301 g/mol. The Morgan fingerprint density at radius 2 is 2.10 bits per heavy atom. The number of thioether (sulfide) groups is 1. The van der Waals surface area contributed by atoms with E-state index in [1.807, 2.05) is 0 Å². The number of carbonyl (C=O) groups is 1. The first-order valence-corrected chi connectivity index (χ1v) is 7.04. The highest BCUT2D eigenvalue weighted by Gasteiger charge is 2.16. The van der Waals surface area contributed by atoms with E-state index in [2.05, 4.69) is 10.4 Å². The molecule has 1 heterocycles. The molecule has 0 unspecified atom stereocenters. The number of hydrogen-bond acceptors (Lipinski definition) is 6. The highest BCUT2D eigenvalue weighted by atomic mass is 32.2. The Bertz CT molecular complexity index is 780. The number of nitriles is 1. The van der Waals surface area contributed by atoms with Crippen LogP contribution in [0.4, 0.5) is 5.95 Å². The lowest BCUT2D eigenvalue weighted by Crippen LogP contribution is -2.37. The molecule has 7 nitrogen and oxygen atoms in total. The van der Waals surface area contributed by atoms with E-state index < -0.39 is 11.5 Å². The summed E-state index contributed by atoms with van der Waals surface area (Å²) in [4.78, 5) is 28.1. The Morgan fingerprint density at radius 1 is 1.43 bits per heavy atom. The molecule has 21 heavy (non-hydrogen) atoms. The third-order valence-corrected chi connectivity index (χ3v) is 3.31. The molecular formula is C13H11N5O2S. The van der Waals surface area contributed by atoms with Gasteiger partial charge >= 0.3 is 0 Å². The second kappa shape index (κ2) is 6.11. The van der Waals surface area contributed by atoms with Gasteiger partial charge in [-0.1, -0.05) is 18.2 Å². The fraction of sp³-hybridized carbons (Fsp3) is 0.0769. The molecule has 0 bridgehead atoms. The average Bonchev–Trinajstić information content (AvgIpc) is 2.51. The normalized spacial score (nSPS) is 9.90. The smallest absolute Gasteiger partial charge is 0.293 e. The van der Waals surface area contributed by atoms with Crippen molar-refractivity contribution in [1.82, 2.24) is 9.66 Å². The number of benzene rings is 1. The molecule has 0 saturated heterocycles. The number of amides is 1. The van der Waals surface area contributed by atoms with E-state index in [1.54, 1.807) is 42.7 Å². The van der Waals surface area contributed by atoms with Crippen molar-refractivity contribution in [3.05, 3.63) is 51.8 Å². The van der Waals surface area contributed by atoms with Gasteiger partial charge in [0.05, 0.1) is 0 Å². The number of aromatic nitrogens is 2. The molecule has 0 radical (unpaired) electrons. The fourth-order valence-corrected chi connectivity index (χ4v) is 2.15. The Hall–Kier alpha value is -2.79. The molecule has 0 aliphatic carbocycles. The molecule has 1 aromatic heterocycles. The fourth-order valence-electron chi connectivity index (χ4n) is 1.62. The van der Waals surface area contributed by atoms with Crippen molar-refractivity contribution < 1.29 is 4.79 Å². The molecule has 2 aromatic rings. The van der Waals surface area contributed by atoms with Crippen molar-refractivity contribution in [2.24, 2.45) is 0 Å². The van der Waals surface area contributed by atoms with Crippen molar-refractivity contribution in [2.45, 2.75) is 5.03 Å². The first kappa shape index (κ1) is 14.6. The van der Waals surface area contributed by atoms with Crippen LogP contribution in [0.2, 0.25) is 0 Å². The molecule has 0 spiro atoms. The van der Waals surface area contributed by atoms with Crippen LogP contribution in [0, 0.1) is 11.3 Å². The van der Waals surface area contributed by atoms with E-state index >= 15 is 0 Å². The number of carbonyl (C=O) groups excluding carboxylic acids is 1. The van der Waals surface area contributed by atoms with Gasteiger partial charge in [0.1, 0.15) is 11.1 Å². The molecule has 0 atom stereocenters. The van der Waals surface area contributed by atoms with E-state index in [0.29, 0.717) is 5.56 Å². The molecule has 0 aliphatic heterocycles. The quantitative estimate of drug-likeness (QED) is 0.640. The predicted molar refractivity (Wildman–Crippen MR) is 79.5 cm³/mol. The van der Waals surface area contributed by atoms with Crippen molar-refractivity contribution >= 4 is 23.6 Å². The van der Waals surface area contributed by atoms with Gasteiger partial charge in [0.25, 0.3) is 11.5 Å². The topological polar surface area (TPSA) is 114 Å². The third kappa shape index (κ3) is 2.88. The number of anilines is 1. The molecular weight excluding hydrogens is 290 g/mol. The molecule has 1 aromatic carbocycles. The Kier molecular flexibility index (Phi) is 4.25. The minimum Gasteiger partial charge on any atom is -0.368 e. The van der Waals surface area contributed by atoms with Crippen molar-refractivity contribution in [2.75, 3.05) is 17.4 Å². The van der Waals surface area contributed by atoms with Gasteiger partial charge < -0.3 is 5.73 Å². The van der Waals surface area contributed by atoms with Crippen molar-refractivity contribution in [1.29, 1.82) is 5.26 Å². The van der Waals surface area contributed by atoms with Crippen LogP contribution in [0.15, 0.2) is 40.2 Å². The highest BCUT2D eigenvalue weighted by Crippen LogP contribution is 2.14. The van der Waals surface area contributed by atoms with Crippen LogP contribution in [0.3, 0.4) is 0 Å². The Balaban J connectivity index is 2.44. The number of nitrogen functional groups attached to an aromatic ring is 1. The molecule has 3 N–H and O–H groups in total. The maximum Gasteiger partial charge on any atom is 0.293 e. The van der Waals surface area contributed by atoms with Crippen LogP contribution in [0.5, 0.6) is 0 Å². The number of nitrogens with one attached hydrogen (secondary N) is 1. The van der Waals surface area contributed by atoms with E-state index in [9.17, 15) is 9.59 Å². The van der Waals surface area contributed by atoms with E-state index in [4.69, 9.17) is 11.0 Å². The van der Waals surface area contributed by atoms with Crippen LogP contribution in [-0.2, 0) is 0 Å². The maximum absolute atomic E-state index is 12.2. The summed E-state index contributed by atoms with van der Waals surface area (Å²) in [5.41, 5.74) is 7.49. The SMILES string of the molecule is CSc1nc(N)n(NC(=O)c2ccccc2)c(=O)c1C#N. The maximum atomic E-state index is 12.2. The van der Waals surface area contributed by atoms with E-state index in [-0.39, 0.29) is 16.5 Å². The molecule has 106 valence electrons. The van der Waals surface area contributed by atoms with Gasteiger partial charge in [-0.25, -0.2) is 4.98 Å². The minimum absolute atomic E-state index is 0.162. The van der Waals surface area contributed by atoms with Gasteiger partial charge in [-0.05, 0) is 18.4 Å². The van der Waals surface area contributed by atoms with Crippen molar-refractivity contribution in [3.63, 3.8) is 0 Å². The van der Waals surface area contributed by atoms with Crippen molar-refractivity contribution in [3.8, 4) is 6.07 Å². The Morgan fingerprint density at radius 3 is 2.67 bits per heavy atom. The van der Waals surface area contributed by atoms with Gasteiger partial charge in [0, 0.05) is 5.56 Å². The first-order valence-electron chi connectivity index (χ1n) is 5.81. The summed E-state index contributed by atoms with van der Waals surface area (Å²) < 4.78 is 0.771. The summed E-state index contributed by atoms with van der Waals surface area (Å²) in [5.74, 6) is -0.709. The molecule has 0 aliphatic rings. The zero-order chi connectivity index (χ0) is 15.4. The molecule has 1 amide bonds. The van der Waals surface area contributed by atoms with Crippen LogP contribution in [0.25, 0.3) is 0 Å². The molecule has 0 fully saturated rings. The lowest BCUT2D eigenvalue weighted by atomic mass is 10.2.